The Bertz CT molecular complexity index is 386. The van der Waals surface area contributed by atoms with Crippen LogP contribution in [0.2, 0.25) is 0 Å². The summed E-state index contributed by atoms with van der Waals surface area (Å²) in [4.78, 5) is 11.3. The number of alkyl halides is 2. The average Bonchev–Trinajstić information content (AvgIpc) is 2.10. The van der Waals surface area contributed by atoms with Gasteiger partial charge in [0, 0.05) is 0 Å². The highest BCUT2D eigenvalue weighted by molar-refractivity contribution is 5.98. The lowest BCUT2D eigenvalue weighted by molar-refractivity contribution is -0.0501. The Morgan fingerprint density at radius 2 is 1.93 bits per heavy atom. The lowest BCUT2D eigenvalue weighted by Crippen LogP contribution is -2.08. The average molecular weight is 214 g/mol. The number of aryl methyl sites for hydroxylation is 1. The first kappa shape index (κ1) is 11.6. The van der Waals surface area contributed by atoms with E-state index in [4.69, 9.17) is 0 Å². The fourth-order valence-electron chi connectivity index (χ4n) is 1.42. The predicted molar refractivity (Wildman–Crippen MR) is 52.6 cm³/mol. The van der Waals surface area contributed by atoms with E-state index in [1.807, 2.05) is 6.92 Å². The van der Waals surface area contributed by atoms with Crippen LogP contribution >= 0.6 is 0 Å². The van der Waals surface area contributed by atoms with Gasteiger partial charge in [-0.1, -0.05) is 6.07 Å². The van der Waals surface area contributed by atoms with Crippen molar-refractivity contribution >= 4 is 5.78 Å². The molecule has 0 bridgehead atoms. The molecule has 0 spiro atoms. The van der Waals surface area contributed by atoms with Gasteiger partial charge in [0.05, 0.1) is 5.56 Å². The summed E-state index contributed by atoms with van der Waals surface area (Å²) in [5.41, 5.74) is 1.79. The molecule has 4 heteroatoms. The number of ketones is 1. The summed E-state index contributed by atoms with van der Waals surface area (Å²) in [5.74, 6) is -0.326. The second-order valence-corrected chi connectivity index (χ2v) is 3.32. The Hall–Kier alpha value is -1.45. The summed E-state index contributed by atoms with van der Waals surface area (Å²) in [7, 11) is 0. The number of hydrogen-bond acceptors (Lipinski definition) is 2. The number of hydrogen-bond donors (Lipinski definition) is 0. The molecule has 0 aliphatic heterocycles. The van der Waals surface area contributed by atoms with Crippen molar-refractivity contribution in [2.45, 2.75) is 27.4 Å². The topological polar surface area (TPSA) is 26.3 Å². The van der Waals surface area contributed by atoms with Crippen molar-refractivity contribution in [2.75, 3.05) is 0 Å². The molecule has 0 N–H and O–H groups in total. The van der Waals surface area contributed by atoms with Gasteiger partial charge in [-0.15, -0.1) is 0 Å². The number of halogens is 2. The molecule has 0 amide bonds. The SMILES string of the molecule is CC(=O)c1c(OC(F)F)ccc(C)c1C. The quantitative estimate of drug-likeness (QED) is 0.722. The van der Waals surface area contributed by atoms with Crippen molar-refractivity contribution in [3.8, 4) is 5.75 Å². The summed E-state index contributed by atoms with van der Waals surface area (Å²) in [6, 6.07) is 3.05. The highest BCUT2D eigenvalue weighted by Gasteiger charge is 2.16. The zero-order valence-corrected chi connectivity index (χ0v) is 8.80. The van der Waals surface area contributed by atoms with Gasteiger partial charge in [0.25, 0.3) is 0 Å². The predicted octanol–water partition coefficient (Wildman–Crippen LogP) is 3.11. The van der Waals surface area contributed by atoms with E-state index in [1.54, 1.807) is 13.0 Å². The molecule has 0 unspecified atom stereocenters. The molecule has 0 saturated carbocycles. The van der Waals surface area contributed by atoms with Crippen LogP contribution in [0.4, 0.5) is 8.78 Å². The van der Waals surface area contributed by atoms with Crippen molar-refractivity contribution in [3.63, 3.8) is 0 Å². The van der Waals surface area contributed by atoms with Gasteiger partial charge in [0.1, 0.15) is 5.75 Å². The fraction of sp³-hybridized carbons (Fsp3) is 0.364. The van der Waals surface area contributed by atoms with E-state index in [9.17, 15) is 13.6 Å². The van der Waals surface area contributed by atoms with E-state index < -0.39 is 6.61 Å². The lowest BCUT2D eigenvalue weighted by atomic mass is 10.00. The summed E-state index contributed by atoms with van der Waals surface area (Å²) in [5, 5.41) is 0. The number of Topliss-reactive ketones (excluding diaryl/α,β-unsaturated/α-hetero) is 1. The maximum absolute atomic E-state index is 12.1. The Kier molecular flexibility index (Phi) is 3.39. The number of ether oxygens (including phenoxy) is 1. The third-order valence-corrected chi connectivity index (χ3v) is 2.27. The van der Waals surface area contributed by atoms with Crippen molar-refractivity contribution in [2.24, 2.45) is 0 Å². The molecular formula is C11H12F2O2. The fourth-order valence-corrected chi connectivity index (χ4v) is 1.42. The van der Waals surface area contributed by atoms with E-state index in [1.165, 1.54) is 13.0 Å². The minimum Gasteiger partial charge on any atom is -0.434 e. The molecule has 0 aliphatic carbocycles. The van der Waals surface area contributed by atoms with Crippen LogP contribution in [0.1, 0.15) is 28.4 Å². The van der Waals surface area contributed by atoms with Crippen molar-refractivity contribution < 1.29 is 18.3 Å². The molecule has 1 rings (SSSR count). The van der Waals surface area contributed by atoms with Gasteiger partial charge in [-0.2, -0.15) is 8.78 Å². The van der Waals surface area contributed by atoms with Crippen molar-refractivity contribution in [1.29, 1.82) is 0 Å². The second kappa shape index (κ2) is 4.38. The highest BCUT2D eigenvalue weighted by Crippen LogP contribution is 2.26. The molecule has 0 saturated heterocycles. The van der Waals surface area contributed by atoms with Crippen LogP contribution in [-0.4, -0.2) is 12.4 Å². The van der Waals surface area contributed by atoms with E-state index in [-0.39, 0.29) is 17.1 Å². The zero-order valence-electron chi connectivity index (χ0n) is 8.80. The Labute approximate surface area is 86.9 Å². The highest BCUT2D eigenvalue weighted by atomic mass is 19.3. The zero-order chi connectivity index (χ0) is 11.6. The van der Waals surface area contributed by atoms with Crippen LogP contribution in [0.5, 0.6) is 5.75 Å². The van der Waals surface area contributed by atoms with Gasteiger partial charge in [-0.25, -0.2) is 0 Å². The summed E-state index contributed by atoms with van der Waals surface area (Å²) in [6.45, 7) is 1.95. The maximum Gasteiger partial charge on any atom is 0.387 e. The summed E-state index contributed by atoms with van der Waals surface area (Å²) < 4.78 is 28.4. The summed E-state index contributed by atoms with van der Waals surface area (Å²) >= 11 is 0. The molecule has 15 heavy (non-hydrogen) atoms. The van der Waals surface area contributed by atoms with Crippen molar-refractivity contribution in [1.82, 2.24) is 0 Å². The number of benzene rings is 1. The van der Waals surface area contributed by atoms with Gasteiger partial charge >= 0.3 is 6.61 Å². The number of carbonyl (C=O) groups excluding carboxylic acids is 1. The van der Waals surface area contributed by atoms with Gasteiger partial charge in [-0.05, 0) is 38.0 Å². The monoisotopic (exact) mass is 214 g/mol. The Morgan fingerprint density at radius 1 is 1.33 bits per heavy atom. The molecule has 1 aromatic carbocycles. The number of carbonyl (C=O) groups is 1. The molecular weight excluding hydrogens is 202 g/mol. The largest absolute Gasteiger partial charge is 0.434 e. The molecule has 0 heterocycles. The normalized spacial score (nSPS) is 10.5. The Morgan fingerprint density at radius 3 is 2.40 bits per heavy atom. The third-order valence-electron chi connectivity index (χ3n) is 2.27. The van der Waals surface area contributed by atoms with Crippen LogP contribution in [0.15, 0.2) is 12.1 Å². The van der Waals surface area contributed by atoms with Crippen LogP contribution in [-0.2, 0) is 0 Å². The van der Waals surface area contributed by atoms with Gasteiger partial charge in [0.15, 0.2) is 5.78 Å². The molecule has 2 nitrogen and oxygen atoms in total. The molecule has 0 radical (unpaired) electrons. The van der Waals surface area contributed by atoms with Gasteiger partial charge < -0.3 is 4.74 Å². The van der Waals surface area contributed by atoms with E-state index in [0.29, 0.717) is 5.56 Å². The van der Waals surface area contributed by atoms with E-state index >= 15 is 0 Å². The van der Waals surface area contributed by atoms with Crippen LogP contribution in [0.25, 0.3) is 0 Å². The molecule has 1 aromatic rings. The molecule has 82 valence electrons. The minimum absolute atomic E-state index is 0.0550. The third kappa shape index (κ3) is 2.52. The van der Waals surface area contributed by atoms with Crippen LogP contribution in [0, 0.1) is 13.8 Å². The molecule has 0 aliphatic rings. The van der Waals surface area contributed by atoms with Crippen LogP contribution in [0.3, 0.4) is 0 Å². The van der Waals surface area contributed by atoms with E-state index in [0.717, 1.165) is 5.56 Å². The lowest BCUT2D eigenvalue weighted by Gasteiger charge is -2.12. The molecule has 0 aromatic heterocycles. The van der Waals surface area contributed by atoms with Crippen LogP contribution < -0.4 is 4.74 Å². The molecule has 0 atom stereocenters. The van der Waals surface area contributed by atoms with Gasteiger partial charge in [-0.3, -0.25) is 4.79 Å². The van der Waals surface area contributed by atoms with Crippen molar-refractivity contribution in [3.05, 3.63) is 28.8 Å². The standard InChI is InChI=1S/C11H12F2O2/c1-6-4-5-9(15-11(12)13)10(7(6)2)8(3)14/h4-5,11H,1-3H3. The Balaban J connectivity index is 3.27. The first-order valence-corrected chi connectivity index (χ1v) is 4.49. The maximum atomic E-state index is 12.1. The second-order valence-electron chi connectivity index (χ2n) is 3.32. The minimum atomic E-state index is -2.91. The van der Waals surface area contributed by atoms with E-state index in [2.05, 4.69) is 4.74 Å². The summed E-state index contributed by atoms with van der Waals surface area (Å²) in [6.07, 6.45) is 0. The smallest absolute Gasteiger partial charge is 0.387 e. The van der Waals surface area contributed by atoms with Gasteiger partial charge in [0.2, 0.25) is 0 Å². The first-order chi connectivity index (χ1) is 6.93. The first-order valence-electron chi connectivity index (χ1n) is 4.49. The number of rotatable bonds is 3. The molecule has 0 fully saturated rings.